The Morgan fingerprint density at radius 3 is 1.83 bits per heavy atom. The molecule has 117 heavy (non-hydrogen) atoms. The van der Waals surface area contributed by atoms with Gasteiger partial charge in [-0.3, -0.25) is 86.3 Å². The first-order chi connectivity index (χ1) is 54.9. The number of methoxy groups -OCH3 is 1. The number of carboxylic acids is 4. The first-order valence-electron chi connectivity index (χ1n) is 37.9. The number of amides is 15. The van der Waals surface area contributed by atoms with Crippen LogP contribution in [0.4, 0.5) is 0 Å². The van der Waals surface area contributed by atoms with Gasteiger partial charge in [0.15, 0.2) is 12.2 Å². The molecule has 650 valence electrons. The molecule has 0 spiro atoms. The number of carbonyl (C=O) groups is 20. The molecular formula is C73H111N17O27. The Morgan fingerprint density at radius 1 is 0.624 bits per heavy atom. The summed E-state index contributed by atoms with van der Waals surface area (Å²) in [5.74, 6) is -30.6. The zero-order chi connectivity index (χ0) is 88.2. The third kappa shape index (κ3) is 33.4. The van der Waals surface area contributed by atoms with Crippen molar-refractivity contribution in [1.82, 2.24) is 73.7 Å². The van der Waals surface area contributed by atoms with Gasteiger partial charge >= 0.3 is 29.8 Å². The van der Waals surface area contributed by atoms with Crippen molar-refractivity contribution in [1.29, 1.82) is 0 Å². The number of unbranched alkanes of at least 4 members (excludes halogenated alkanes) is 4. The Hall–Kier alpha value is -12.0. The molecule has 1 fully saturated rings. The molecule has 0 bridgehead atoms. The number of aromatic amines is 1. The number of primary amides is 2. The van der Waals surface area contributed by atoms with E-state index in [-0.39, 0.29) is 45.1 Å². The number of rotatable bonds is 37. The number of nitrogens with two attached hydrogens (primary N) is 3. The fourth-order valence-electron chi connectivity index (χ4n) is 12.1. The number of benzene rings is 1. The molecule has 16 atom stereocenters. The van der Waals surface area contributed by atoms with Crippen LogP contribution in [0, 0.1) is 17.8 Å². The molecular weight excluding hydrogens is 1550 g/mol. The lowest BCUT2D eigenvalue weighted by Crippen LogP contribution is -2.64. The molecule has 0 saturated carbocycles. The molecule has 44 heteroatoms. The highest BCUT2D eigenvalue weighted by Gasteiger charge is 2.44. The maximum atomic E-state index is 15.0. The number of nitrogens with one attached hydrogen (secondary N) is 13. The Morgan fingerprint density at radius 2 is 1.23 bits per heavy atom. The quantitative estimate of drug-likeness (QED) is 0.0221. The van der Waals surface area contributed by atoms with Gasteiger partial charge in [0.1, 0.15) is 72.6 Å². The molecule has 2 aromatic rings. The number of aromatic nitrogens is 1. The smallest absolute Gasteiger partial charge is 0.335 e. The Labute approximate surface area is 672 Å². The number of likely N-dealkylation sites (N-methyl/N-ethyl adjacent to an activating group) is 1. The van der Waals surface area contributed by atoms with Crippen molar-refractivity contribution in [3.05, 3.63) is 36.0 Å². The highest BCUT2D eigenvalue weighted by atomic mass is 16.5. The second-order valence-electron chi connectivity index (χ2n) is 28.9. The van der Waals surface area contributed by atoms with E-state index in [2.05, 4.69) is 72.0 Å². The zero-order valence-electron chi connectivity index (χ0n) is 66.5. The van der Waals surface area contributed by atoms with Crippen LogP contribution in [-0.4, -0.2) is 272 Å². The van der Waals surface area contributed by atoms with Crippen LogP contribution in [0.25, 0.3) is 10.9 Å². The number of para-hydroxylation sites is 1. The van der Waals surface area contributed by atoms with Crippen LogP contribution in [0.1, 0.15) is 150 Å². The lowest BCUT2D eigenvalue weighted by Gasteiger charge is -2.33. The Balaban J connectivity index is 2.30. The normalized spacial score (nSPS) is 22.1. The van der Waals surface area contributed by atoms with Gasteiger partial charge in [0.25, 0.3) is 0 Å². The van der Waals surface area contributed by atoms with Crippen LogP contribution in [0.2, 0.25) is 0 Å². The SMILES string of the molecule is CC[C@H](C)[C@@H]1NC(=O)C([C@H](C)CC(=O)O)NC(=O)[C@@H](CC(N)=O)NC(=O)CNC(=O)[C@H]([C@@H](OC)C(=O)O)NC(=O)[C@@H](CCCCN)NC(=O)[C@H](CC(=O)O)NC(=O)[C@H](C)NC(=O)CN(C)C(=O)[C@@H](NC(=O)[C@@H](NC(=O)[C@@H](CCC(=O)O)NC(=O)[C@H](Cc2c[nH]c3ccccc23)NC(=O)CCCCCCC(C)C)[C@@H](O)C(N)=O)[C@@H](C)OC1=O. The summed E-state index contributed by atoms with van der Waals surface area (Å²) in [6.45, 7) is 7.74. The monoisotopic (exact) mass is 1660 g/mol. The molecule has 0 radical (unpaired) electrons. The van der Waals surface area contributed by atoms with Gasteiger partial charge in [-0.05, 0) is 81.9 Å². The molecule has 1 aromatic carbocycles. The van der Waals surface area contributed by atoms with Crippen molar-refractivity contribution in [3.63, 3.8) is 0 Å². The Bertz CT molecular complexity index is 3890. The molecule has 1 aliphatic heterocycles. The van der Waals surface area contributed by atoms with E-state index in [1.54, 1.807) is 30.5 Å². The number of nitrogens with zero attached hydrogens (tertiary/aromatic N) is 1. The van der Waals surface area contributed by atoms with Crippen molar-refractivity contribution >= 4 is 129 Å². The standard InChI is InChI=1S/C73H111N17O27/c1-10-35(4)55-73(115)117-38(7)56(87-70(111)57(59(101)61(76)102)88-64(105)43(24-25-51(95)96)83-65(106)44(28-39-31-77-41-21-16-15-20-40(39)41)80-48(92)23-14-12-11-13-19-34(2)3)71(112)90(8)33-50(94)79-37(6)62(103)84-46(30-53(99)100)66(107)82-42(22-17-18-26-74)63(104)89-58(60(116-9)72(113)114)68(109)78-32-49(93)81-45(29-47(75)91)67(108)85-54(69(110)86-55)36(5)27-52(97)98/h15-16,20-21,31,34-38,42-46,54-60,77,101H,10-14,17-19,22-30,32-33,74H2,1-9H3,(H2,75,91)(H2,76,102)(H,78,109)(H,79,94)(H,80,92)(H,81,93)(H,82,107)(H,83,106)(H,84,103)(H,85,108)(H,86,110)(H,87,111)(H,88,105)(H,89,104)(H,95,96)(H,97,98)(H,99,100)(H,113,114)/t35-,36+,37-,38+,42+,43+,44-,45+,46-,54?,55-,56-,57-,58-,59+,60+/m0/s1. The third-order valence-corrected chi connectivity index (χ3v) is 18.9. The van der Waals surface area contributed by atoms with E-state index in [1.807, 2.05) is 10.6 Å². The number of H-pyrrole nitrogens is 1. The summed E-state index contributed by atoms with van der Waals surface area (Å²) >= 11 is 0. The predicted octanol–water partition coefficient (Wildman–Crippen LogP) is -5.97. The topological polar surface area (TPSA) is 702 Å². The van der Waals surface area contributed by atoms with E-state index in [0.717, 1.165) is 54.2 Å². The van der Waals surface area contributed by atoms with Crippen molar-refractivity contribution in [2.75, 3.05) is 33.8 Å². The summed E-state index contributed by atoms with van der Waals surface area (Å²) in [5, 5.41) is 78.4. The molecule has 1 saturated heterocycles. The minimum Gasteiger partial charge on any atom is -0.481 e. The van der Waals surface area contributed by atoms with Gasteiger partial charge in [0, 0.05) is 50.5 Å². The summed E-state index contributed by atoms with van der Waals surface area (Å²) in [6, 6.07) is -15.8. The number of carbonyl (C=O) groups excluding carboxylic acids is 16. The van der Waals surface area contributed by atoms with E-state index in [0.29, 0.717) is 40.1 Å². The van der Waals surface area contributed by atoms with Gasteiger partial charge in [-0.15, -0.1) is 0 Å². The number of aliphatic hydroxyl groups excluding tert-OH is 1. The van der Waals surface area contributed by atoms with E-state index in [9.17, 15) is 117 Å². The van der Waals surface area contributed by atoms with E-state index in [1.165, 1.54) is 13.8 Å². The summed E-state index contributed by atoms with van der Waals surface area (Å²) in [7, 11) is 1.70. The van der Waals surface area contributed by atoms with Gasteiger partial charge in [0.05, 0.1) is 32.4 Å². The minimum absolute atomic E-state index is 0.00430. The lowest BCUT2D eigenvalue weighted by atomic mass is 9.94. The Kier molecular flexibility index (Phi) is 41.6. The number of cyclic esters (lactones) is 1. The summed E-state index contributed by atoms with van der Waals surface area (Å²) in [4.78, 5) is 278. The number of hydrogen-bond acceptors (Lipinski definition) is 24. The van der Waals surface area contributed by atoms with Gasteiger partial charge in [-0.25, -0.2) is 9.59 Å². The third-order valence-electron chi connectivity index (χ3n) is 18.9. The number of ether oxygens (including phenoxy) is 2. The second-order valence-corrected chi connectivity index (χ2v) is 28.9. The highest BCUT2D eigenvalue weighted by molar-refractivity contribution is 6.03. The van der Waals surface area contributed by atoms with Crippen LogP contribution < -0.4 is 81.0 Å². The number of carboxylic acid groups (broad SMARTS) is 4. The van der Waals surface area contributed by atoms with Crippen molar-refractivity contribution < 1.29 is 131 Å². The van der Waals surface area contributed by atoms with Crippen molar-refractivity contribution in [3.8, 4) is 0 Å². The van der Waals surface area contributed by atoms with E-state index in [4.69, 9.17) is 26.7 Å². The van der Waals surface area contributed by atoms with Crippen LogP contribution in [0.15, 0.2) is 30.5 Å². The first kappa shape index (κ1) is 99.2. The molecule has 2 heterocycles. The van der Waals surface area contributed by atoms with Crippen LogP contribution >= 0.6 is 0 Å². The maximum Gasteiger partial charge on any atom is 0.335 e. The summed E-state index contributed by atoms with van der Waals surface area (Å²) < 4.78 is 10.8. The van der Waals surface area contributed by atoms with Crippen LogP contribution in [0.5, 0.6) is 0 Å². The number of esters is 1. The molecule has 3 rings (SSSR count). The van der Waals surface area contributed by atoms with Gasteiger partial charge in [0.2, 0.25) is 88.6 Å². The maximum absolute atomic E-state index is 15.0. The lowest BCUT2D eigenvalue weighted by molar-refractivity contribution is -0.159. The van der Waals surface area contributed by atoms with Crippen molar-refractivity contribution in [2.45, 2.75) is 236 Å². The second kappa shape index (κ2) is 49.1. The van der Waals surface area contributed by atoms with Gasteiger partial charge in [-0.1, -0.05) is 84.9 Å². The molecule has 1 unspecified atom stereocenters. The molecule has 1 aromatic heterocycles. The molecule has 1 aliphatic rings. The predicted molar refractivity (Wildman–Crippen MR) is 408 cm³/mol. The van der Waals surface area contributed by atoms with Gasteiger partial charge in [-0.2, -0.15) is 0 Å². The summed E-state index contributed by atoms with van der Waals surface area (Å²) in [6.07, 6.45) is -7.20. The zero-order valence-corrected chi connectivity index (χ0v) is 66.5. The van der Waals surface area contributed by atoms with Crippen molar-refractivity contribution in [2.24, 2.45) is 35.0 Å². The number of aliphatic carboxylic acids is 4. The van der Waals surface area contributed by atoms with E-state index >= 15 is 4.79 Å². The fourth-order valence-corrected chi connectivity index (χ4v) is 12.1. The number of fused-ring (bicyclic) bond motifs is 1. The largest absolute Gasteiger partial charge is 0.481 e. The fraction of sp³-hybridized carbons (Fsp3) is 0.616. The minimum atomic E-state index is -2.80. The average Bonchev–Trinajstić information content (AvgIpc) is 1.23. The molecule has 24 N–H and O–H groups in total. The number of aliphatic hydroxyl groups is 1. The highest BCUT2D eigenvalue weighted by Crippen LogP contribution is 2.22. The van der Waals surface area contributed by atoms with Crippen LogP contribution in [0.3, 0.4) is 0 Å². The van der Waals surface area contributed by atoms with Gasteiger partial charge < -0.3 is 126 Å². The average molecular weight is 1660 g/mol. The number of hydrogen-bond donors (Lipinski definition) is 21. The molecule has 44 nitrogen and oxygen atoms in total. The van der Waals surface area contributed by atoms with Crippen LogP contribution in [-0.2, 0) is 112 Å². The molecule has 15 amide bonds. The van der Waals surface area contributed by atoms with E-state index < -0.39 is 260 Å². The first-order valence-corrected chi connectivity index (χ1v) is 37.9. The summed E-state index contributed by atoms with van der Waals surface area (Å²) in [5.41, 5.74) is 17.8. The molecule has 0 aliphatic carbocycles.